The van der Waals surface area contributed by atoms with Gasteiger partial charge in [-0.2, -0.15) is 0 Å². The van der Waals surface area contributed by atoms with Gasteiger partial charge in [0.2, 0.25) is 0 Å². The lowest BCUT2D eigenvalue weighted by molar-refractivity contribution is -0.274. The molecule has 32 heavy (non-hydrogen) atoms. The van der Waals surface area contributed by atoms with E-state index in [0.717, 1.165) is 60.7 Å². The maximum absolute atomic E-state index is 12.4. The average molecular weight is 446 g/mol. The van der Waals surface area contributed by atoms with Gasteiger partial charge in [-0.1, -0.05) is 24.6 Å². The molecule has 2 aromatic rings. The first-order chi connectivity index (χ1) is 15.4. The van der Waals surface area contributed by atoms with Crippen LogP contribution in [0.15, 0.2) is 42.5 Å². The molecule has 0 radical (unpaired) electrons. The Balaban J connectivity index is 1.29. The van der Waals surface area contributed by atoms with E-state index in [1.807, 2.05) is 12.1 Å². The van der Waals surface area contributed by atoms with Gasteiger partial charge in [-0.3, -0.25) is 0 Å². The minimum absolute atomic E-state index is 0.206. The van der Waals surface area contributed by atoms with Crippen molar-refractivity contribution in [3.63, 3.8) is 0 Å². The third-order valence-corrected chi connectivity index (χ3v) is 7.79. The molecule has 6 heteroatoms. The third kappa shape index (κ3) is 4.47. The van der Waals surface area contributed by atoms with Gasteiger partial charge in [-0.05, 0) is 104 Å². The second kappa shape index (κ2) is 8.62. The van der Waals surface area contributed by atoms with E-state index in [-0.39, 0.29) is 5.75 Å². The molecule has 2 aliphatic carbocycles. The molecule has 2 aromatic carbocycles. The molecule has 1 aliphatic heterocycles. The van der Waals surface area contributed by atoms with Gasteiger partial charge in [-0.25, -0.2) is 0 Å². The SMILES string of the molecule is COc1ccc(-c2ccc(OC(F)(F)F)cc2)cc1C1CCN([C@@H]2CC3CCC2C3)CC1. The lowest BCUT2D eigenvalue weighted by atomic mass is 9.85. The number of rotatable bonds is 5. The lowest BCUT2D eigenvalue weighted by Crippen LogP contribution is -2.43. The Bertz CT molecular complexity index is 935. The largest absolute Gasteiger partial charge is 0.573 e. The van der Waals surface area contributed by atoms with E-state index in [4.69, 9.17) is 4.74 Å². The first-order valence-corrected chi connectivity index (χ1v) is 11.7. The molecule has 0 spiro atoms. The number of nitrogens with zero attached hydrogens (tertiary/aromatic N) is 1. The summed E-state index contributed by atoms with van der Waals surface area (Å²) in [6, 6.07) is 13.0. The Labute approximate surface area is 187 Å². The van der Waals surface area contributed by atoms with Gasteiger partial charge in [-0.15, -0.1) is 13.2 Å². The van der Waals surface area contributed by atoms with Crippen molar-refractivity contribution in [1.29, 1.82) is 0 Å². The summed E-state index contributed by atoms with van der Waals surface area (Å²) in [5.41, 5.74) is 3.05. The fourth-order valence-corrected chi connectivity index (χ4v) is 6.28. The smallest absolute Gasteiger partial charge is 0.496 e. The van der Waals surface area contributed by atoms with E-state index in [0.29, 0.717) is 5.92 Å². The maximum atomic E-state index is 12.4. The summed E-state index contributed by atoms with van der Waals surface area (Å²) in [5, 5.41) is 0. The Kier molecular flexibility index (Phi) is 5.82. The summed E-state index contributed by atoms with van der Waals surface area (Å²) in [5.74, 6) is 3.01. The van der Waals surface area contributed by atoms with Crippen LogP contribution in [0.5, 0.6) is 11.5 Å². The van der Waals surface area contributed by atoms with Crippen LogP contribution in [0, 0.1) is 11.8 Å². The number of alkyl halides is 3. The fourth-order valence-electron chi connectivity index (χ4n) is 6.28. The number of piperidine rings is 1. The number of benzene rings is 2. The van der Waals surface area contributed by atoms with E-state index in [2.05, 4.69) is 15.7 Å². The van der Waals surface area contributed by atoms with E-state index in [9.17, 15) is 13.2 Å². The number of methoxy groups -OCH3 is 1. The minimum atomic E-state index is -4.68. The van der Waals surface area contributed by atoms with Crippen LogP contribution in [-0.2, 0) is 0 Å². The maximum Gasteiger partial charge on any atom is 0.573 e. The monoisotopic (exact) mass is 445 g/mol. The van der Waals surface area contributed by atoms with Gasteiger partial charge < -0.3 is 14.4 Å². The number of hydrogen-bond donors (Lipinski definition) is 0. The first-order valence-electron chi connectivity index (χ1n) is 11.7. The van der Waals surface area contributed by atoms with Gasteiger partial charge in [0, 0.05) is 6.04 Å². The third-order valence-electron chi connectivity index (χ3n) is 7.79. The van der Waals surface area contributed by atoms with Crippen LogP contribution < -0.4 is 9.47 Å². The first kappa shape index (κ1) is 21.6. The quantitative estimate of drug-likeness (QED) is 0.516. The van der Waals surface area contributed by atoms with Crippen molar-refractivity contribution >= 4 is 0 Å². The summed E-state index contributed by atoms with van der Waals surface area (Å²) in [7, 11) is 1.70. The molecule has 2 unspecified atom stereocenters. The summed E-state index contributed by atoms with van der Waals surface area (Å²) >= 11 is 0. The molecular formula is C26H30F3NO2. The van der Waals surface area contributed by atoms with Gasteiger partial charge >= 0.3 is 6.36 Å². The number of fused-ring (bicyclic) bond motifs is 2. The second-order valence-electron chi connectivity index (χ2n) is 9.58. The predicted octanol–water partition coefficient (Wildman–Crippen LogP) is 6.63. The summed E-state index contributed by atoms with van der Waals surface area (Å²) in [4.78, 5) is 2.73. The highest BCUT2D eigenvalue weighted by atomic mass is 19.4. The van der Waals surface area contributed by atoms with Crippen molar-refractivity contribution in [2.75, 3.05) is 20.2 Å². The number of hydrogen-bond acceptors (Lipinski definition) is 3. The van der Waals surface area contributed by atoms with Crippen LogP contribution in [-0.4, -0.2) is 37.5 Å². The van der Waals surface area contributed by atoms with E-state index in [1.54, 1.807) is 19.2 Å². The van der Waals surface area contributed by atoms with Crippen molar-refractivity contribution in [2.45, 2.75) is 56.8 Å². The highest BCUT2D eigenvalue weighted by molar-refractivity contribution is 5.66. The Morgan fingerprint density at radius 2 is 1.59 bits per heavy atom. The summed E-state index contributed by atoms with van der Waals surface area (Å²) in [6.45, 7) is 2.27. The molecule has 3 aliphatic rings. The molecule has 3 fully saturated rings. The predicted molar refractivity (Wildman–Crippen MR) is 118 cm³/mol. The van der Waals surface area contributed by atoms with Crippen LogP contribution in [0.3, 0.4) is 0 Å². The molecular weight excluding hydrogens is 415 g/mol. The van der Waals surface area contributed by atoms with Gasteiger partial charge in [0.1, 0.15) is 11.5 Å². The Morgan fingerprint density at radius 3 is 2.19 bits per heavy atom. The molecule has 2 saturated carbocycles. The zero-order valence-electron chi connectivity index (χ0n) is 18.4. The van der Waals surface area contributed by atoms with Crippen molar-refractivity contribution in [3.05, 3.63) is 48.0 Å². The molecule has 1 saturated heterocycles. The zero-order chi connectivity index (χ0) is 22.3. The fraction of sp³-hybridized carbons (Fsp3) is 0.538. The Hall–Kier alpha value is -2.21. The lowest BCUT2D eigenvalue weighted by Gasteiger charge is -2.40. The molecule has 1 heterocycles. The molecule has 3 nitrogen and oxygen atoms in total. The van der Waals surface area contributed by atoms with E-state index in [1.165, 1.54) is 43.4 Å². The normalized spacial score (nSPS) is 26.4. The van der Waals surface area contributed by atoms with Crippen LogP contribution in [0.25, 0.3) is 11.1 Å². The summed E-state index contributed by atoms with van der Waals surface area (Å²) < 4.78 is 47.0. The van der Waals surface area contributed by atoms with Crippen LogP contribution in [0.2, 0.25) is 0 Å². The van der Waals surface area contributed by atoms with Crippen LogP contribution in [0.1, 0.15) is 50.0 Å². The highest BCUT2D eigenvalue weighted by Crippen LogP contribution is 2.48. The van der Waals surface area contributed by atoms with Gasteiger partial charge in [0.05, 0.1) is 7.11 Å². The van der Waals surface area contributed by atoms with Crippen molar-refractivity contribution in [1.82, 2.24) is 4.90 Å². The van der Waals surface area contributed by atoms with Gasteiger partial charge in [0.15, 0.2) is 0 Å². The molecule has 0 aromatic heterocycles. The minimum Gasteiger partial charge on any atom is -0.496 e. The van der Waals surface area contributed by atoms with E-state index >= 15 is 0 Å². The standard InChI is InChI=1S/C26H30F3NO2/c1-31-25-9-6-20(18-4-7-22(8-5-18)32-26(27,28)29)16-23(25)19-10-12-30(13-11-19)24-15-17-2-3-21(24)14-17/h4-9,16-17,19,21,24H,2-3,10-15H2,1H3/t17?,21?,24-/m1/s1. The summed E-state index contributed by atoms with van der Waals surface area (Å²) in [6.07, 6.45) is 3.23. The highest BCUT2D eigenvalue weighted by Gasteiger charge is 2.43. The molecule has 0 N–H and O–H groups in total. The topological polar surface area (TPSA) is 21.7 Å². The molecule has 172 valence electrons. The molecule has 3 atom stereocenters. The van der Waals surface area contributed by atoms with Crippen LogP contribution in [0.4, 0.5) is 13.2 Å². The molecule has 5 rings (SSSR count). The number of halogens is 3. The van der Waals surface area contributed by atoms with Crippen molar-refractivity contribution in [3.8, 4) is 22.6 Å². The van der Waals surface area contributed by atoms with Crippen molar-refractivity contribution in [2.24, 2.45) is 11.8 Å². The van der Waals surface area contributed by atoms with Crippen molar-refractivity contribution < 1.29 is 22.6 Å². The molecule has 2 bridgehead atoms. The van der Waals surface area contributed by atoms with Crippen LogP contribution >= 0.6 is 0 Å². The number of likely N-dealkylation sites (tertiary alicyclic amines) is 1. The molecule has 0 amide bonds. The number of ether oxygens (including phenoxy) is 2. The zero-order valence-corrected chi connectivity index (χ0v) is 18.4. The average Bonchev–Trinajstić information content (AvgIpc) is 3.42. The second-order valence-corrected chi connectivity index (χ2v) is 9.58. The van der Waals surface area contributed by atoms with Gasteiger partial charge in [0.25, 0.3) is 0 Å². The van der Waals surface area contributed by atoms with E-state index < -0.39 is 6.36 Å². The Morgan fingerprint density at radius 1 is 0.875 bits per heavy atom.